The largest absolute Gasteiger partial charge is 0.382 e. The number of sulfonamides is 1. The minimum absolute atomic E-state index is 0.151. The van der Waals surface area contributed by atoms with Gasteiger partial charge >= 0.3 is 0 Å². The highest BCUT2D eigenvalue weighted by atomic mass is 32.2. The summed E-state index contributed by atoms with van der Waals surface area (Å²) in [6, 6.07) is 15.6. The lowest BCUT2D eigenvalue weighted by molar-refractivity contribution is -0.121. The number of carbonyl (C=O) groups is 1. The fourth-order valence-electron chi connectivity index (χ4n) is 4.29. The van der Waals surface area contributed by atoms with E-state index in [1.54, 1.807) is 0 Å². The Balaban J connectivity index is 1.41. The fourth-order valence-corrected chi connectivity index (χ4v) is 5.76. The second-order valence-corrected chi connectivity index (χ2v) is 10.4. The molecule has 35 heavy (non-hydrogen) atoms. The summed E-state index contributed by atoms with van der Waals surface area (Å²) in [4.78, 5) is 17.9. The molecule has 3 aromatic rings. The predicted octanol–water partition coefficient (Wildman–Crippen LogP) is 3.37. The zero-order valence-electron chi connectivity index (χ0n) is 19.7. The van der Waals surface area contributed by atoms with Gasteiger partial charge in [-0.25, -0.2) is 13.4 Å². The van der Waals surface area contributed by atoms with E-state index in [1.807, 2.05) is 41.8 Å². The van der Waals surface area contributed by atoms with Gasteiger partial charge in [0.05, 0.1) is 27.6 Å². The lowest BCUT2D eigenvalue weighted by Crippen LogP contribution is -2.41. The van der Waals surface area contributed by atoms with Crippen LogP contribution in [0.5, 0.6) is 0 Å². The first-order chi connectivity index (χ1) is 16.9. The molecule has 1 aliphatic rings. The average molecular weight is 496 g/mol. The van der Waals surface area contributed by atoms with Crippen LogP contribution in [0.3, 0.4) is 0 Å². The molecule has 2 heterocycles. The summed E-state index contributed by atoms with van der Waals surface area (Å²) in [6.07, 6.45) is 1.64. The Kier molecular flexibility index (Phi) is 7.80. The molecule has 1 fully saturated rings. The van der Waals surface area contributed by atoms with Crippen molar-refractivity contribution in [3.63, 3.8) is 0 Å². The monoisotopic (exact) mass is 495 g/mol. The van der Waals surface area contributed by atoms with E-state index in [-0.39, 0.29) is 29.8 Å². The number of carbonyl (C=O) groups excluding carboxylic acids is 1. The number of rotatable bonds is 9. The van der Waals surface area contributed by atoms with Crippen LogP contribution >= 0.6 is 0 Å². The highest BCUT2D eigenvalue weighted by molar-refractivity contribution is 7.89. The predicted molar refractivity (Wildman–Crippen MR) is 132 cm³/mol. The number of hydrogen-bond acceptors (Lipinski definition) is 6. The first-order valence-corrected chi connectivity index (χ1v) is 13.2. The molecule has 0 radical (unpaired) electrons. The molecule has 0 spiro atoms. The summed E-state index contributed by atoms with van der Waals surface area (Å²) in [5.41, 5.74) is 2.16. The van der Waals surface area contributed by atoms with Gasteiger partial charge in [-0.05, 0) is 62.6 Å². The van der Waals surface area contributed by atoms with Crippen molar-refractivity contribution in [3.05, 3.63) is 54.1 Å². The van der Waals surface area contributed by atoms with Crippen LogP contribution in [0.1, 0.15) is 31.7 Å². The van der Waals surface area contributed by atoms with Crippen molar-refractivity contribution in [2.45, 2.75) is 37.6 Å². The van der Waals surface area contributed by atoms with Crippen LogP contribution in [0.25, 0.3) is 11.0 Å². The SMILES string of the molecule is CCOCCCn1c(NC(=O)C2CCN(S(=O)(=O)c3ccc(C#N)cc3)CC2)nc2ccccc21. The van der Waals surface area contributed by atoms with E-state index in [0.717, 1.165) is 17.5 Å². The number of nitrogens with zero attached hydrogens (tertiary/aromatic N) is 4. The molecule has 2 aromatic carbocycles. The van der Waals surface area contributed by atoms with E-state index >= 15 is 0 Å². The van der Waals surface area contributed by atoms with Crippen LogP contribution in [0.15, 0.2) is 53.4 Å². The van der Waals surface area contributed by atoms with Crippen LogP contribution in [0, 0.1) is 17.2 Å². The Labute approximate surface area is 205 Å². The number of nitrogens with one attached hydrogen (secondary N) is 1. The number of imidazole rings is 1. The van der Waals surface area contributed by atoms with Crippen molar-refractivity contribution in [1.82, 2.24) is 13.9 Å². The number of ether oxygens (including phenoxy) is 1. The van der Waals surface area contributed by atoms with Gasteiger partial charge in [0.25, 0.3) is 0 Å². The van der Waals surface area contributed by atoms with E-state index in [2.05, 4.69) is 10.3 Å². The zero-order chi connectivity index (χ0) is 24.8. The van der Waals surface area contributed by atoms with Crippen LogP contribution in [-0.4, -0.2) is 54.5 Å². The second kappa shape index (κ2) is 11.0. The topological polar surface area (TPSA) is 117 Å². The Bertz CT molecular complexity index is 1320. The van der Waals surface area contributed by atoms with Gasteiger partial charge in [0.1, 0.15) is 0 Å². The lowest BCUT2D eigenvalue weighted by Gasteiger charge is -2.30. The molecule has 1 amide bonds. The maximum Gasteiger partial charge on any atom is 0.243 e. The van der Waals surface area contributed by atoms with Crippen molar-refractivity contribution in [2.24, 2.45) is 5.92 Å². The van der Waals surface area contributed by atoms with Gasteiger partial charge in [0.2, 0.25) is 21.9 Å². The van der Waals surface area contributed by atoms with E-state index in [1.165, 1.54) is 28.6 Å². The Morgan fingerprint density at radius 2 is 1.89 bits per heavy atom. The third-order valence-electron chi connectivity index (χ3n) is 6.21. The summed E-state index contributed by atoms with van der Waals surface area (Å²) in [5, 5.41) is 11.9. The van der Waals surface area contributed by atoms with Crippen molar-refractivity contribution in [2.75, 3.05) is 31.6 Å². The number of aryl methyl sites for hydroxylation is 1. The van der Waals surface area contributed by atoms with Crippen LogP contribution < -0.4 is 5.32 Å². The molecule has 0 saturated carbocycles. The third kappa shape index (κ3) is 5.53. The van der Waals surface area contributed by atoms with Gasteiger partial charge < -0.3 is 9.30 Å². The van der Waals surface area contributed by atoms with Gasteiger partial charge in [-0.3, -0.25) is 10.1 Å². The Hall–Kier alpha value is -3.26. The first-order valence-electron chi connectivity index (χ1n) is 11.8. The minimum Gasteiger partial charge on any atom is -0.382 e. The lowest BCUT2D eigenvalue weighted by atomic mass is 9.97. The number of nitriles is 1. The zero-order valence-corrected chi connectivity index (χ0v) is 20.5. The fraction of sp³-hybridized carbons (Fsp3) is 0.400. The van der Waals surface area contributed by atoms with Crippen molar-refractivity contribution >= 4 is 32.9 Å². The highest BCUT2D eigenvalue weighted by Crippen LogP contribution is 2.26. The van der Waals surface area contributed by atoms with E-state index in [0.29, 0.717) is 44.1 Å². The number of amides is 1. The normalized spacial score (nSPS) is 15.2. The summed E-state index contributed by atoms with van der Waals surface area (Å²) in [5.74, 6) is 0.0428. The standard InChI is InChI=1S/C25H29N5O4S/c1-2-34-17-5-14-30-23-7-4-3-6-22(23)27-25(30)28-24(31)20-12-15-29(16-13-20)35(32,33)21-10-8-19(18-26)9-11-21/h3-4,6-11,20H,2,5,12-17H2,1H3,(H,27,28,31). The Morgan fingerprint density at radius 1 is 1.17 bits per heavy atom. The molecule has 0 atom stereocenters. The van der Waals surface area contributed by atoms with Gasteiger partial charge in [0, 0.05) is 38.8 Å². The van der Waals surface area contributed by atoms with Crippen molar-refractivity contribution in [3.8, 4) is 6.07 Å². The third-order valence-corrected chi connectivity index (χ3v) is 8.12. The van der Waals surface area contributed by atoms with Crippen LogP contribution in [-0.2, 0) is 26.1 Å². The molecule has 10 heteroatoms. The summed E-state index contributed by atoms with van der Waals surface area (Å²) in [7, 11) is -3.67. The number of anilines is 1. The molecule has 184 valence electrons. The molecule has 0 bridgehead atoms. The molecule has 1 aromatic heterocycles. The summed E-state index contributed by atoms with van der Waals surface area (Å²) < 4.78 is 34.8. The molecule has 9 nitrogen and oxygen atoms in total. The molecule has 1 aliphatic heterocycles. The first kappa shape index (κ1) is 24.9. The van der Waals surface area contributed by atoms with Crippen molar-refractivity contribution < 1.29 is 17.9 Å². The average Bonchev–Trinajstić information content (AvgIpc) is 3.23. The molecule has 4 rings (SSSR count). The van der Waals surface area contributed by atoms with E-state index in [4.69, 9.17) is 10.00 Å². The number of piperidine rings is 1. The molecule has 0 aliphatic carbocycles. The maximum absolute atomic E-state index is 13.1. The van der Waals surface area contributed by atoms with Crippen molar-refractivity contribution in [1.29, 1.82) is 5.26 Å². The quantitative estimate of drug-likeness (QED) is 0.455. The number of hydrogen-bond donors (Lipinski definition) is 1. The number of fused-ring (bicyclic) bond motifs is 1. The highest BCUT2D eigenvalue weighted by Gasteiger charge is 2.32. The molecule has 0 unspecified atom stereocenters. The maximum atomic E-state index is 13.1. The molecule has 1 N–H and O–H groups in total. The van der Waals surface area contributed by atoms with Crippen LogP contribution in [0.2, 0.25) is 0 Å². The van der Waals surface area contributed by atoms with Gasteiger partial charge in [-0.2, -0.15) is 9.57 Å². The summed E-state index contributed by atoms with van der Waals surface area (Å²) in [6.45, 7) is 4.42. The summed E-state index contributed by atoms with van der Waals surface area (Å²) >= 11 is 0. The smallest absolute Gasteiger partial charge is 0.243 e. The van der Waals surface area contributed by atoms with Gasteiger partial charge in [0.15, 0.2) is 0 Å². The van der Waals surface area contributed by atoms with E-state index in [9.17, 15) is 13.2 Å². The Morgan fingerprint density at radius 3 is 2.57 bits per heavy atom. The molecule has 1 saturated heterocycles. The number of benzene rings is 2. The number of aromatic nitrogens is 2. The minimum atomic E-state index is -3.67. The van der Waals surface area contributed by atoms with Gasteiger partial charge in [-0.1, -0.05) is 12.1 Å². The molecular weight excluding hydrogens is 466 g/mol. The number of para-hydroxylation sites is 2. The second-order valence-electron chi connectivity index (χ2n) is 8.43. The van der Waals surface area contributed by atoms with E-state index < -0.39 is 10.0 Å². The van der Waals surface area contributed by atoms with Crippen LogP contribution in [0.4, 0.5) is 5.95 Å². The molecular formula is C25H29N5O4S. The van der Waals surface area contributed by atoms with Gasteiger partial charge in [-0.15, -0.1) is 0 Å².